The van der Waals surface area contributed by atoms with E-state index in [-0.39, 0.29) is 12.3 Å². The van der Waals surface area contributed by atoms with Gasteiger partial charge in [0.2, 0.25) is 5.91 Å². The first-order valence-corrected chi connectivity index (χ1v) is 9.42. The predicted octanol–water partition coefficient (Wildman–Crippen LogP) is 4.08. The van der Waals surface area contributed by atoms with Crippen molar-refractivity contribution in [3.8, 4) is 11.5 Å². The van der Waals surface area contributed by atoms with Crippen LogP contribution < -0.4 is 9.03 Å². The fourth-order valence-corrected chi connectivity index (χ4v) is 3.36. The van der Waals surface area contributed by atoms with E-state index in [4.69, 9.17) is 25.6 Å². The summed E-state index contributed by atoms with van der Waals surface area (Å²) in [4.78, 5) is 14.6. The van der Waals surface area contributed by atoms with Crippen molar-refractivity contribution in [1.82, 2.24) is 4.90 Å². The third-order valence-corrected chi connectivity index (χ3v) is 5.05. The molecule has 7 heteroatoms. The van der Waals surface area contributed by atoms with E-state index in [1.54, 1.807) is 36.1 Å². The Morgan fingerprint density at radius 2 is 2.07 bits per heavy atom. The van der Waals surface area contributed by atoms with Gasteiger partial charge < -0.3 is 18.7 Å². The van der Waals surface area contributed by atoms with Gasteiger partial charge in [-0.3, -0.25) is 4.79 Å². The highest BCUT2D eigenvalue weighted by atomic mass is 35.5. The number of carbonyl (C=O) groups excluding carboxylic acids is 1. The van der Waals surface area contributed by atoms with Crippen molar-refractivity contribution in [2.45, 2.75) is 19.5 Å². The maximum absolute atomic E-state index is 13.9. The van der Waals surface area contributed by atoms with Gasteiger partial charge in [0.1, 0.15) is 18.0 Å². The number of ether oxygens (including phenoxy) is 2. The Morgan fingerprint density at radius 3 is 2.71 bits per heavy atom. The SMILES string of the molecule is COc1ccc(/C(=C\C(=O)N2CCOCC2)C2=CCC(F)C(C)=C2)cc1OCl. The molecule has 1 atom stereocenters. The summed E-state index contributed by atoms with van der Waals surface area (Å²) in [5.41, 5.74) is 2.83. The number of amides is 1. The van der Waals surface area contributed by atoms with Gasteiger partial charge in [0, 0.05) is 25.6 Å². The molecule has 0 aromatic heterocycles. The van der Waals surface area contributed by atoms with Crippen LogP contribution in [0.3, 0.4) is 0 Å². The lowest BCUT2D eigenvalue weighted by Crippen LogP contribution is -2.39. The van der Waals surface area contributed by atoms with Crippen LogP contribution in [0.15, 0.2) is 47.6 Å². The summed E-state index contributed by atoms with van der Waals surface area (Å²) in [7, 11) is 1.52. The molecule has 28 heavy (non-hydrogen) atoms. The van der Waals surface area contributed by atoms with Gasteiger partial charge in [-0.15, -0.1) is 0 Å². The van der Waals surface area contributed by atoms with Crippen molar-refractivity contribution in [3.05, 3.63) is 53.1 Å². The van der Waals surface area contributed by atoms with Crippen LogP contribution in [-0.4, -0.2) is 50.4 Å². The van der Waals surface area contributed by atoms with E-state index in [0.29, 0.717) is 48.9 Å². The second kappa shape index (κ2) is 9.26. The van der Waals surface area contributed by atoms with E-state index < -0.39 is 6.17 Å². The molecule has 1 unspecified atom stereocenters. The summed E-state index contributed by atoms with van der Waals surface area (Å²) >= 11 is 5.58. The molecule has 5 nitrogen and oxygen atoms in total. The van der Waals surface area contributed by atoms with Crippen LogP contribution in [0, 0.1) is 0 Å². The standard InChI is InChI=1S/C21H23ClFNO4/c1-14-11-15(3-5-18(14)23)17(13-21(25)24-7-9-27-10-8-24)16-4-6-19(26-2)20(12-16)28-22/h3-4,6,11-13,18H,5,7-10H2,1-2H3/b17-13-. The van der Waals surface area contributed by atoms with Crippen molar-refractivity contribution < 1.29 is 22.9 Å². The Balaban J connectivity index is 2.02. The first-order chi connectivity index (χ1) is 13.5. The Bertz CT molecular complexity index is 828. The number of methoxy groups -OCH3 is 1. The van der Waals surface area contributed by atoms with Gasteiger partial charge in [0.05, 0.1) is 20.3 Å². The summed E-state index contributed by atoms with van der Waals surface area (Å²) in [6, 6.07) is 5.25. The number of hydrogen-bond acceptors (Lipinski definition) is 4. The lowest BCUT2D eigenvalue weighted by atomic mass is 9.89. The largest absolute Gasteiger partial charge is 0.493 e. The van der Waals surface area contributed by atoms with Crippen LogP contribution >= 0.6 is 11.9 Å². The summed E-state index contributed by atoms with van der Waals surface area (Å²) < 4.78 is 29.3. The molecule has 3 rings (SSSR count). The van der Waals surface area contributed by atoms with E-state index in [1.807, 2.05) is 12.1 Å². The van der Waals surface area contributed by atoms with Crippen LogP contribution in [0.5, 0.6) is 11.5 Å². The average Bonchev–Trinajstić information content (AvgIpc) is 2.74. The number of benzene rings is 1. The Kier molecular flexibility index (Phi) is 6.75. The number of alkyl halides is 1. The molecule has 1 aliphatic heterocycles. The van der Waals surface area contributed by atoms with Crippen molar-refractivity contribution in [2.24, 2.45) is 0 Å². The van der Waals surface area contributed by atoms with Crippen molar-refractivity contribution in [1.29, 1.82) is 0 Å². The number of carbonyl (C=O) groups is 1. The van der Waals surface area contributed by atoms with Gasteiger partial charge in [0.15, 0.2) is 11.5 Å². The summed E-state index contributed by atoms with van der Waals surface area (Å²) in [6.07, 6.45) is 4.44. The van der Waals surface area contributed by atoms with Gasteiger partial charge in [-0.25, -0.2) is 4.39 Å². The molecule has 1 aromatic rings. The Morgan fingerprint density at radius 1 is 1.32 bits per heavy atom. The quantitative estimate of drug-likeness (QED) is 0.690. The molecule has 0 spiro atoms. The van der Waals surface area contributed by atoms with E-state index in [0.717, 1.165) is 11.1 Å². The third-order valence-electron chi connectivity index (χ3n) is 4.88. The zero-order chi connectivity index (χ0) is 20.1. The van der Waals surface area contributed by atoms with E-state index in [1.165, 1.54) is 7.11 Å². The third kappa shape index (κ3) is 4.56. The first kappa shape index (κ1) is 20.4. The van der Waals surface area contributed by atoms with E-state index in [2.05, 4.69) is 0 Å². The average molecular weight is 408 g/mol. The van der Waals surface area contributed by atoms with E-state index in [9.17, 15) is 9.18 Å². The van der Waals surface area contributed by atoms with Crippen molar-refractivity contribution >= 4 is 23.3 Å². The molecule has 1 aliphatic carbocycles. The van der Waals surface area contributed by atoms with Crippen LogP contribution in [0.25, 0.3) is 5.57 Å². The molecule has 1 amide bonds. The molecular formula is C21H23ClFNO4. The summed E-state index contributed by atoms with van der Waals surface area (Å²) in [5, 5.41) is 0. The molecule has 0 N–H and O–H groups in total. The molecule has 1 fully saturated rings. The number of morpholine rings is 1. The topological polar surface area (TPSA) is 48.0 Å². The molecule has 0 radical (unpaired) electrons. The zero-order valence-corrected chi connectivity index (χ0v) is 16.7. The highest BCUT2D eigenvalue weighted by Crippen LogP contribution is 2.36. The van der Waals surface area contributed by atoms with Crippen molar-refractivity contribution in [2.75, 3.05) is 33.4 Å². The maximum Gasteiger partial charge on any atom is 0.247 e. The smallest absolute Gasteiger partial charge is 0.247 e. The van der Waals surface area contributed by atoms with Crippen LogP contribution in [0.2, 0.25) is 0 Å². The molecule has 1 saturated heterocycles. The minimum Gasteiger partial charge on any atom is -0.493 e. The lowest BCUT2D eigenvalue weighted by molar-refractivity contribution is -0.129. The van der Waals surface area contributed by atoms with Gasteiger partial charge in [-0.2, -0.15) is 0 Å². The molecule has 150 valence electrons. The molecule has 1 aromatic carbocycles. The van der Waals surface area contributed by atoms with Gasteiger partial charge in [-0.05, 0) is 41.3 Å². The lowest BCUT2D eigenvalue weighted by Gasteiger charge is -2.26. The molecule has 0 bridgehead atoms. The number of allylic oxidation sites excluding steroid dienone is 5. The predicted molar refractivity (Wildman–Crippen MR) is 106 cm³/mol. The number of hydrogen-bond donors (Lipinski definition) is 0. The van der Waals surface area contributed by atoms with Gasteiger partial charge >= 0.3 is 0 Å². The number of rotatable bonds is 5. The summed E-state index contributed by atoms with van der Waals surface area (Å²) in [6.45, 7) is 3.88. The number of halogens is 2. The highest BCUT2D eigenvalue weighted by molar-refractivity contribution is 6.09. The molecule has 0 saturated carbocycles. The first-order valence-electron chi connectivity index (χ1n) is 9.11. The molecule has 1 heterocycles. The van der Waals surface area contributed by atoms with Gasteiger partial charge in [0.25, 0.3) is 0 Å². The minimum atomic E-state index is -1.00. The minimum absolute atomic E-state index is 0.114. The van der Waals surface area contributed by atoms with Gasteiger partial charge in [-0.1, -0.05) is 18.2 Å². The maximum atomic E-state index is 13.9. The van der Waals surface area contributed by atoms with Crippen LogP contribution in [0.1, 0.15) is 18.9 Å². The zero-order valence-electron chi connectivity index (χ0n) is 15.9. The van der Waals surface area contributed by atoms with E-state index >= 15 is 0 Å². The monoisotopic (exact) mass is 407 g/mol. The normalized spacial score (nSPS) is 20.4. The molecule has 2 aliphatic rings. The number of nitrogens with zero attached hydrogens (tertiary/aromatic N) is 1. The fourth-order valence-electron chi connectivity index (χ4n) is 3.24. The fraction of sp³-hybridized carbons (Fsp3) is 0.381. The Labute approximate surface area is 169 Å². The van der Waals surface area contributed by atoms with Crippen LogP contribution in [-0.2, 0) is 9.53 Å². The second-order valence-electron chi connectivity index (χ2n) is 6.69. The summed E-state index contributed by atoms with van der Waals surface area (Å²) in [5.74, 6) is 0.703. The Hall–Kier alpha value is -2.31. The molecular weight excluding hydrogens is 385 g/mol. The van der Waals surface area contributed by atoms with Crippen LogP contribution in [0.4, 0.5) is 4.39 Å². The highest BCUT2D eigenvalue weighted by Gasteiger charge is 2.21. The second-order valence-corrected chi connectivity index (χ2v) is 6.84. The van der Waals surface area contributed by atoms with Crippen molar-refractivity contribution in [3.63, 3.8) is 0 Å².